The van der Waals surface area contributed by atoms with Crippen LogP contribution < -0.4 is 24.3 Å². The summed E-state index contributed by atoms with van der Waals surface area (Å²) >= 11 is 7.14. The Morgan fingerprint density at radius 2 is 1.83 bits per heavy atom. The third kappa shape index (κ3) is 3.35. The van der Waals surface area contributed by atoms with Gasteiger partial charge in [0.05, 0.1) is 30.9 Å². The summed E-state index contributed by atoms with van der Waals surface area (Å²) in [6.07, 6.45) is 1.40. The second-order valence-electron chi connectivity index (χ2n) is 6.09. The lowest BCUT2D eigenvalue weighted by molar-refractivity contribution is 0.324. The second-order valence-corrected chi connectivity index (χ2v) is 7.51. The molecule has 0 fully saturated rings. The maximum Gasteiger partial charge on any atom is 0.291 e. The summed E-state index contributed by atoms with van der Waals surface area (Å²) in [4.78, 5) is 17.5. The van der Waals surface area contributed by atoms with Crippen LogP contribution in [0.1, 0.15) is 5.56 Å². The van der Waals surface area contributed by atoms with Crippen molar-refractivity contribution in [3.63, 3.8) is 0 Å². The number of aromatic nitrogens is 3. The zero-order valence-electron chi connectivity index (χ0n) is 16.1. The van der Waals surface area contributed by atoms with Gasteiger partial charge in [-0.05, 0) is 30.3 Å². The van der Waals surface area contributed by atoms with E-state index in [1.54, 1.807) is 18.2 Å². The van der Waals surface area contributed by atoms with E-state index in [1.165, 1.54) is 44.1 Å². The van der Waals surface area contributed by atoms with E-state index < -0.39 is 11.4 Å². The molecule has 7 nitrogen and oxygen atoms in total. The predicted octanol–water partition coefficient (Wildman–Crippen LogP) is 3.18. The molecular weight excluding hydrogens is 433 g/mol. The number of nitrogens with zero attached hydrogens (tertiary/aromatic N) is 3. The van der Waals surface area contributed by atoms with Crippen LogP contribution in [0.4, 0.5) is 4.39 Å². The molecule has 0 atom stereocenters. The molecule has 2 aromatic carbocycles. The fraction of sp³-hybridized carbons (Fsp3) is 0.150. The normalized spacial score (nSPS) is 11.8. The smallest absolute Gasteiger partial charge is 0.291 e. The molecule has 10 heteroatoms. The van der Waals surface area contributed by atoms with Crippen molar-refractivity contribution in [3.05, 3.63) is 61.6 Å². The van der Waals surface area contributed by atoms with Gasteiger partial charge in [0.15, 0.2) is 17.3 Å². The Balaban J connectivity index is 1.84. The molecule has 0 aliphatic rings. The number of fused-ring (bicyclic) bond motifs is 1. The Morgan fingerprint density at radius 3 is 2.40 bits per heavy atom. The third-order valence-corrected chi connectivity index (χ3v) is 5.67. The highest BCUT2D eigenvalue weighted by Crippen LogP contribution is 2.40. The van der Waals surface area contributed by atoms with Gasteiger partial charge in [-0.15, -0.1) is 5.10 Å². The molecule has 0 N–H and O–H groups in total. The van der Waals surface area contributed by atoms with Gasteiger partial charge >= 0.3 is 0 Å². The summed E-state index contributed by atoms with van der Waals surface area (Å²) in [6, 6.07) is 7.72. The number of ether oxygens (including phenoxy) is 3. The van der Waals surface area contributed by atoms with E-state index in [9.17, 15) is 9.18 Å². The van der Waals surface area contributed by atoms with Crippen LogP contribution >= 0.6 is 22.9 Å². The monoisotopic (exact) mass is 447 g/mol. The van der Waals surface area contributed by atoms with Crippen LogP contribution in [0.25, 0.3) is 22.4 Å². The number of thiazole rings is 1. The van der Waals surface area contributed by atoms with Crippen molar-refractivity contribution in [3.8, 4) is 28.6 Å². The molecule has 0 amide bonds. The van der Waals surface area contributed by atoms with Gasteiger partial charge in [0.1, 0.15) is 5.82 Å². The van der Waals surface area contributed by atoms with Gasteiger partial charge in [-0.1, -0.05) is 29.0 Å². The third-order valence-electron chi connectivity index (χ3n) is 4.38. The number of hydrogen-bond donors (Lipinski definition) is 0. The Labute approximate surface area is 178 Å². The number of halogens is 2. The first kappa shape index (κ1) is 20.1. The molecule has 2 heterocycles. The maximum absolute atomic E-state index is 14.1. The molecule has 0 saturated carbocycles. The SMILES string of the molecule is COc1cc(-c2nc3sc(=Cc4c(F)cccc4Cl)c(=O)n3n2)cc(OC)c1OC. The highest BCUT2D eigenvalue weighted by molar-refractivity contribution is 7.15. The first-order valence-electron chi connectivity index (χ1n) is 8.62. The van der Waals surface area contributed by atoms with E-state index in [4.69, 9.17) is 25.8 Å². The standard InChI is InChI=1S/C20H15ClFN3O4S/c1-27-14-7-10(8-15(28-2)17(14)29-3)18-23-20-25(24-18)19(26)16(30-20)9-11-12(21)5-4-6-13(11)22/h4-9H,1-3H3. The van der Waals surface area contributed by atoms with E-state index >= 15 is 0 Å². The average Bonchev–Trinajstić information content (AvgIpc) is 3.29. The molecule has 0 radical (unpaired) electrons. The van der Waals surface area contributed by atoms with Crippen molar-refractivity contribution >= 4 is 34.0 Å². The van der Waals surface area contributed by atoms with Gasteiger partial charge in [-0.25, -0.2) is 4.39 Å². The summed E-state index contributed by atoms with van der Waals surface area (Å²) in [6.45, 7) is 0. The molecule has 154 valence electrons. The van der Waals surface area contributed by atoms with Crippen LogP contribution in [-0.4, -0.2) is 35.9 Å². The van der Waals surface area contributed by atoms with Crippen molar-refractivity contribution in [2.75, 3.05) is 21.3 Å². The van der Waals surface area contributed by atoms with Crippen LogP contribution in [0.15, 0.2) is 35.1 Å². The lowest BCUT2D eigenvalue weighted by atomic mass is 10.1. The van der Waals surface area contributed by atoms with Gasteiger partial charge in [-0.3, -0.25) is 4.79 Å². The Kier molecular flexibility index (Phi) is 5.31. The highest BCUT2D eigenvalue weighted by Gasteiger charge is 2.18. The zero-order valence-corrected chi connectivity index (χ0v) is 17.7. The number of benzene rings is 2. The van der Waals surface area contributed by atoms with Gasteiger partial charge in [0.2, 0.25) is 10.7 Å². The molecule has 4 rings (SSSR count). The van der Waals surface area contributed by atoms with Gasteiger partial charge in [-0.2, -0.15) is 9.50 Å². The van der Waals surface area contributed by atoms with Crippen molar-refractivity contribution in [2.24, 2.45) is 0 Å². The molecule has 30 heavy (non-hydrogen) atoms. The zero-order chi connectivity index (χ0) is 21.4. The van der Waals surface area contributed by atoms with Gasteiger partial charge in [0.25, 0.3) is 5.56 Å². The molecule has 2 aromatic heterocycles. The largest absolute Gasteiger partial charge is 0.493 e. The topological polar surface area (TPSA) is 75.0 Å². The Hall–Kier alpha value is -3.17. The minimum Gasteiger partial charge on any atom is -0.493 e. The van der Waals surface area contributed by atoms with E-state index in [0.717, 1.165) is 11.3 Å². The summed E-state index contributed by atoms with van der Waals surface area (Å²) in [5, 5.41) is 4.52. The van der Waals surface area contributed by atoms with Gasteiger partial charge in [0, 0.05) is 11.1 Å². The van der Waals surface area contributed by atoms with Crippen molar-refractivity contribution < 1.29 is 18.6 Å². The summed E-state index contributed by atoms with van der Waals surface area (Å²) in [5.41, 5.74) is 0.314. The van der Waals surface area contributed by atoms with E-state index in [0.29, 0.717) is 33.6 Å². The summed E-state index contributed by atoms with van der Waals surface area (Å²) < 4.78 is 31.5. The summed E-state index contributed by atoms with van der Waals surface area (Å²) in [7, 11) is 4.52. The fourth-order valence-corrected chi connectivity index (χ4v) is 4.05. The molecule has 0 aliphatic heterocycles. The lowest BCUT2D eigenvalue weighted by Gasteiger charge is -2.12. The average molecular weight is 448 g/mol. The van der Waals surface area contributed by atoms with Crippen molar-refractivity contribution in [1.82, 2.24) is 14.6 Å². The number of rotatable bonds is 5. The minimum absolute atomic E-state index is 0.144. The molecule has 0 spiro atoms. The quantitative estimate of drug-likeness (QED) is 0.468. The molecule has 0 saturated heterocycles. The van der Waals surface area contributed by atoms with E-state index in [-0.39, 0.29) is 15.1 Å². The first-order valence-corrected chi connectivity index (χ1v) is 9.82. The fourth-order valence-electron chi connectivity index (χ4n) is 2.95. The lowest BCUT2D eigenvalue weighted by Crippen LogP contribution is -2.23. The van der Waals surface area contributed by atoms with Crippen LogP contribution in [0.2, 0.25) is 5.02 Å². The first-order chi connectivity index (χ1) is 14.5. The number of methoxy groups -OCH3 is 3. The summed E-state index contributed by atoms with van der Waals surface area (Å²) in [5.74, 6) is 1.12. The van der Waals surface area contributed by atoms with Crippen LogP contribution in [0, 0.1) is 5.82 Å². The molecule has 0 aliphatic carbocycles. The Morgan fingerprint density at radius 1 is 1.13 bits per heavy atom. The van der Waals surface area contributed by atoms with Crippen LogP contribution in [0.3, 0.4) is 0 Å². The molecule has 4 aromatic rings. The maximum atomic E-state index is 14.1. The van der Waals surface area contributed by atoms with Gasteiger partial charge < -0.3 is 14.2 Å². The van der Waals surface area contributed by atoms with Crippen molar-refractivity contribution in [1.29, 1.82) is 0 Å². The van der Waals surface area contributed by atoms with E-state index in [1.807, 2.05) is 0 Å². The molecule has 0 bridgehead atoms. The number of hydrogen-bond acceptors (Lipinski definition) is 7. The Bertz CT molecular complexity index is 1320. The van der Waals surface area contributed by atoms with Crippen LogP contribution in [-0.2, 0) is 0 Å². The molecular formula is C20H15ClFN3O4S. The molecule has 0 unspecified atom stereocenters. The van der Waals surface area contributed by atoms with Crippen molar-refractivity contribution in [2.45, 2.75) is 0 Å². The second kappa shape index (κ2) is 7.92. The van der Waals surface area contributed by atoms with E-state index in [2.05, 4.69) is 10.1 Å². The highest BCUT2D eigenvalue weighted by atomic mass is 35.5. The van der Waals surface area contributed by atoms with Crippen LogP contribution in [0.5, 0.6) is 17.2 Å². The minimum atomic E-state index is -0.515. The predicted molar refractivity (Wildman–Crippen MR) is 112 cm³/mol.